The van der Waals surface area contributed by atoms with Gasteiger partial charge in [-0.25, -0.2) is 4.98 Å². The fourth-order valence-corrected chi connectivity index (χ4v) is 2.06. The summed E-state index contributed by atoms with van der Waals surface area (Å²) in [5, 5.41) is 2.60. The van der Waals surface area contributed by atoms with Gasteiger partial charge in [0.15, 0.2) is 5.41 Å². The number of carbonyl (C=O) groups is 3. The number of aromatic amines is 1. The topological polar surface area (TPSA) is 110 Å². The van der Waals surface area contributed by atoms with Crippen molar-refractivity contribution in [2.24, 2.45) is 5.41 Å². The van der Waals surface area contributed by atoms with Gasteiger partial charge in [-0.2, -0.15) is 0 Å². The number of aromatic nitrogens is 2. The highest BCUT2D eigenvalue weighted by atomic mass is 16.5. The third kappa shape index (κ3) is 3.10. The van der Waals surface area contributed by atoms with Gasteiger partial charge < -0.3 is 19.8 Å². The normalized spacial score (nSPS) is 12.4. The lowest BCUT2D eigenvalue weighted by Crippen LogP contribution is -2.54. The first-order chi connectivity index (χ1) is 10.3. The summed E-state index contributed by atoms with van der Waals surface area (Å²) in [6.45, 7) is 4.77. The number of hydrogen-bond acceptors (Lipinski definition) is 6. The Morgan fingerprint density at radius 3 is 2.32 bits per heavy atom. The summed E-state index contributed by atoms with van der Waals surface area (Å²) in [5.74, 6) is -2.06. The number of H-pyrrole nitrogens is 1. The summed E-state index contributed by atoms with van der Waals surface area (Å²) >= 11 is 0. The molecule has 1 amide bonds. The quantitative estimate of drug-likeness (QED) is 0.583. The van der Waals surface area contributed by atoms with Gasteiger partial charge >= 0.3 is 11.9 Å². The fraction of sp³-hybridized carbons (Fsp3) is 0.571. The monoisotopic (exact) mass is 311 g/mol. The van der Waals surface area contributed by atoms with E-state index in [1.807, 2.05) is 6.92 Å². The largest absolute Gasteiger partial charge is 0.468 e. The van der Waals surface area contributed by atoms with Gasteiger partial charge in [0.1, 0.15) is 5.69 Å². The van der Waals surface area contributed by atoms with Gasteiger partial charge in [-0.3, -0.25) is 14.4 Å². The van der Waals surface area contributed by atoms with E-state index in [2.05, 4.69) is 24.8 Å². The number of hydrogen-bond donors (Lipinski definition) is 2. The molecule has 2 N–H and O–H groups in total. The Balaban J connectivity index is 3.01. The van der Waals surface area contributed by atoms with E-state index in [-0.39, 0.29) is 5.69 Å². The van der Waals surface area contributed by atoms with Crippen LogP contribution in [0.3, 0.4) is 0 Å². The van der Waals surface area contributed by atoms with Crippen molar-refractivity contribution in [3.63, 3.8) is 0 Å². The molecule has 0 spiro atoms. The maximum Gasteiger partial charge on any atom is 0.325 e. The van der Waals surface area contributed by atoms with E-state index in [4.69, 9.17) is 0 Å². The second-order valence-electron chi connectivity index (χ2n) is 4.96. The number of ether oxygens (including phenoxy) is 2. The maximum absolute atomic E-state index is 12.3. The molecule has 1 unspecified atom stereocenters. The van der Waals surface area contributed by atoms with Crippen LogP contribution in [0.4, 0.5) is 0 Å². The Morgan fingerprint density at radius 2 is 1.86 bits per heavy atom. The van der Waals surface area contributed by atoms with Crippen LogP contribution in [-0.4, -0.2) is 48.1 Å². The maximum atomic E-state index is 12.3. The molecule has 0 aliphatic heterocycles. The Labute approximate surface area is 128 Å². The van der Waals surface area contributed by atoms with E-state index in [0.717, 1.165) is 0 Å². The highest BCUT2D eigenvalue weighted by Gasteiger charge is 2.49. The van der Waals surface area contributed by atoms with Crippen molar-refractivity contribution >= 4 is 17.8 Å². The molecule has 1 atom stereocenters. The van der Waals surface area contributed by atoms with Gasteiger partial charge in [0.05, 0.1) is 26.6 Å². The number of nitrogens with one attached hydrogen (secondary N) is 2. The minimum absolute atomic E-state index is 0.228. The van der Waals surface area contributed by atoms with Crippen LogP contribution >= 0.6 is 0 Å². The third-order valence-corrected chi connectivity index (χ3v) is 3.72. The molecule has 22 heavy (non-hydrogen) atoms. The fourth-order valence-electron chi connectivity index (χ4n) is 2.06. The van der Waals surface area contributed by atoms with Crippen LogP contribution in [-0.2, 0) is 25.5 Å². The van der Waals surface area contributed by atoms with Crippen LogP contribution in [0.2, 0.25) is 0 Å². The molecule has 0 bridgehead atoms. The molecule has 1 aromatic rings. The number of aryl methyl sites for hydroxylation is 1. The minimum Gasteiger partial charge on any atom is -0.468 e. The Hall–Kier alpha value is -2.38. The van der Waals surface area contributed by atoms with Gasteiger partial charge in [0, 0.05) is 5.69 Å². The van der Waals surface area contributed by atoms with Crippen molar-refractivity contribution in [1.29, 1.82) is 0 Å². The second-order valence-corrected chi connectivity index (χ2v) is 4.96. The molecular weight excluding hydrogens is 290 g/mol. The van der Waals surface area contributed by atoms with E-state index >= 15 is 0 Å². The summed E-state index contributed by atoms with van der Waals surface area (Å²) in [7, 11) is 2.34. The number of carbonyl (C=O) groups excluding carboxylic acids is 3. The van der Waals surface area contributed by atoms with Crippen LogP contribution in [0.5, 0.6) is 0 Å². The summed E-state index contributed by atoms with van der Waals surface area (Å²) in [5.41, 5.74) is -0.754. The minimum atomic E-state index is -1.65. The van der Waals surface area contributed by atoms with Crippen LogP contribution in [0.25, 0.3) is 0 Å². The average Bonchev–Trinajstić information content (AvgIpc) is 3.00. The zero-order valence-electron chi connectivity index (χ0n) is 13.4. The molecule has 1 aromatic heterocycles. The van der Waals surface area contributed by atoms with Gasteiger partial charge in [-0.05, 0) is 20.3 Å². The van der Waals surface area contributed by atoms with Gasteiger partial charge in [-0.1, -0.05) is 6.92 Å². The molecule has 0 saturated carbocycles. The predicted octanol–water partition coefficient (Wildman–Crippen LogP) is 0.443. The summed E-state index contributed by atoms with van der Waals surface area (Å²) in [6.07, 6.45) is 2.01. The zero-order chi connectivity index (χ0) is 16.9. The smallest absolute Gasteiger partial charge is 0.325 e. The Bertz CT molecular complexity index is 551. The van der Waals surface area contributed by atoms with Gasteiger partial charge in [-0.15, -0.1) is 0 Å². The Kier molecular flexibility index (Phi) is 5.67. The molecule has 0 radical (unpaired) electrons. The number of nitrogens with zero attached hydrogens (tertiary/aromatic N) is 1. The van der Waals surface area contributed by atoms with Crippen molar-refractivity contribution < 1.29 is 23.9 Å². The molecular formula is C14H21N3O5. The lowest BCUT2D eigenvalue weighted by Gasteiger charge is -2.30. The van der Waals surface area contributed by atoms with Gasteiger partial charge in [0.2, 0.25) is 0 Å². The lowest BCUT2D eigenvalue weighted by molar-refractivity contribution is -0.169. The van der Waals surface area contributed by atoms with E-state index in [1.165, 1.54) is 34.4 Å². The first kappa shape index (κ1) is 17.7. The molecule has 8 nitrogen and oxygen atoms in total. The Morgan fingerprint density at radius 1 is 1.32 bits per heavy atom. The molecule has 0 aromatic carbocycles. The number of imidazole rings is 1. The van der Waals surface area contributed by atoms with E-state index in [1.54, 1.807) is 0 Å². The van der Waals surface area contributed by atoms with E-state index in [0.29, 0.717) is 12.1 Å². The van der Waals surface area contributed by atoms with E-state index < -0.39 is 29.3 Å². The average molecular weight is 311 g/mol. The molecule has 8 heteroatoms. The van der Waals surface area contributed by atoms with Crippen molar-refractivity contribution in [2.45, 2.75) is 33.2 Å². The molecule has 1 rings (SSSR count). The molecule has 0 fully saturated rings. The van der Waals surface area contributed by atoms with Crippen LogP contribution in [0.1, 0.15) is 37.0 Å². The molecule has 0 saturated heterocycles. The molecule has 0 aliphatic rings. The first-order valence-corrected chi connectivity index (χ1v) is 6.82. The van der Waals surface area contributed by atoms with Crippen molar-refractivity contribution in [3.8, 4) is 0 Å². The summed E-state index contributed by atoms with van der Waals surface area (Å²) < 4.78 is 9.33. The standard InChI is InChI=1S/C14H21N3O5/c1-6-9-10(16-7-15-9)11(18)17-8(2)14(3,12(19)21-4)13(20)22-5/h7-8H,6H2,1-5H3,(H,15,16)(H,17,18). The van der Waals surface area contributed by atoms with E-state index in [9.17, 15) is 14.4 Å². The zero-order valence-corrected chi connectivity index (χ0v) is 13.4. The third-order valence-electron chi connectivity index (χ3n) is 3.72. The number of rotatable bonds is 6. The predicted molar refractivity (Wildman–Crippen MR) is 77.0 cm³/mol. The van der Waals surface area contributed by atoms with Crippen molar-refractivity contribution in [2.75, 3.05) is 14.2 Å². The van der Waals surface area contributed by atoms with Gasteiger partial charge in [0.25, 0.3) is 5.91 Å². The highest BCUT2D eigenvalue weighted by Crippen LogP contribution is 2.25. The van der Waals surface area contributed by atoms with Crippen LogP contribution in [0, 0.1) is 5.41 Å². The lowest BCUT2D eigenvalue weighted by atomic mass is 9.83. The molecule has 0 aliphatic carbocycles. The summed E-state index contributed by atoms with van der Waals surface area (Å²) in [6, 6.07) is -0.846. The molecule has 122 valence electrons. The number of amides is 1. The number of esters is 2. The second kappa shape index (κ2) is 7.06. The first-order valence-electron chi connectivity index (χ1n) is 6.82. The van der Waals surface area contributed by atoms with Crippen LogP contribution in [0.15, 0.2) is 6.33 Å². The van der Waals surface area contributed by atoms with Crippen molar-refractivity contribution in [3.05, 3.63) is 17.7 Å². The molecule has 1 heterocycles. The number of methoxy groups -OCH3 is 2. The summed E-state index contributed by atoms with van der Waals surface area (Å²) in [4.78, 5) is 43.0. The van der Waals surface area contributed by atoms with Crippen LogP contribution < -0.4 is 5.32 Å². The SMILES string of the molecule is CCc1[nH]cnc1C(=O)NC(C)C(C)(C(=O)OC)C(=O)OC. The van der Waals surface area contributed by atoms with Crippen molar-refractivity contribution in [1.82, 2.24) is 15.3 Å². The highest BCUT2D eigenvalue weighted by molar-refractivity contribution is 6.02.